The lowest BCUT2D eigenvalue weighted by molar-refractivity contribution is -0.136. The fourth-order valence-corrected chi connectivity index (χ4v) is 3.23. The van der Waals surface area contributed by atoms with Gasteiger partial charge in [0.05, 0.1) is 10.0 Å². The largest absolute Gasteiger partial charge is 0.343 e. The van der Waals surface area contributed by atoms with Crippen molar-refractivity contribution in [2.45, 2.75) is 26.7 Å². The average molecular weight is 357 g/mol. The van der Waals surface area contributed by atoms with E-state index < -0.39 is 0 Å². The molecular formula is C17H22Cl2N2O2. The fourth-order valence-electron chi connectivity index (χ4n) is 2.93. The number of amides is 2. The van der Waals surface area contributed by atoms with Gasteiger partial charge in [-0.3, -0.25) is 9.59 Å². The van der Waals surface area contributed by atoms with Crippen molar-refractivity contribution in [2.75, 3.05) is 26.2 Å². The zero-order valence-corrected chi connectivity index (χ0v) is 15.0. The van der Waals surface area contributed by atoms with Gasteiger partial charge in [0, 0.05) is 37.7 Å². The molecule has 0 unspecified atom stereocenters. The van der Waals surface area contributed by atoms with Crippen molar-refractivity contribution in [2.24, 2.45) is 5.92 Å². The van der Waals surface area contributed by atoms with Crippen LogP contribution in [0.2, 0.25) is 10.0 Å². The Bertz CT molecular complexity index is 580. The van der Waals surface area contributed by atoms with Crippen molar-refractivity contribution in [1.29, 1.82) is 0 Å². The molecule has 6 heteroatoms. The van der Waals surface area contributed by atoms with Crippen LogP contribution in [-0.2, 0) is 4.79 Å². The molecule has 1 saturated heterocycles. The van der Waals surface area contributed by atoms with Crippen LogP contribution in [0, 0.1) is 5.92 Å². The lowest BCUT2D eigenvalue weighted by atomic mass is 9.94. The molecule has 1 heterocycles. The molecule has 0 spiro atoms. The van der Waals surface area contributed by atoms with E-state index in [9.17, 15) is 9.59 Å². The predicted molar refractivity (Wildman–Crippen MR) is 93.0 cm³/mol. The Hall–Kier alpha value is -1.26. The highest BCUT2D eigenvalue weighted by molar-refractivity contribution is 6.42. The summed E-state index contributed by atoms with van der Waals surface area (Å²) in [7, 11) is 0. The summed E-state index contributed by atoms with van der Waals surface area (Å²) in [4.78, 5) is 28.5. The molecule has 0 saturated carbocycles. The van der Waals surface area contributed by atoms with Crippen LogP contribution in [0.1, 0.15) is 37.0 Å². The van der Waals surface area contributed by atoms with E-state index in [1.54, 1.807) is 23.1 Å². The second kappa shape index (κ2) is 8.02. The van der Waals surface area contributed by atoms with Crippen molar-refractivity contribution < 1.29 is 9.59 Å². The minimum atomic E-state index is -0.0581. The van der Waals surface area contributed by atoms with Crippen LogP contribution in [-0.4, -0.2) is 47.8 Å². The highest BCUT2D eigenvalue weighted by Crippen LogP contribution is 2.25. The fraction of sp³-hybridized carbons (Fsp3) is 0.529. The third-order valence-electron chi connectivity index (χ3n) is 4.37. The van der Waals surface area contributed by atoms with E-state index >= 15 is 0 Å². The van der Waals surface area contributed by atoms with Crippen molar-refractivity contribution in [3.8, 4) is 0 Å². The highest BCUT2D eigenvalue weighted by atomic mass is 35.5. The first-order valence-electron chi connectivity index (χ1n) is 8.01. The molecular weight excluding hydrogens is 335 g/mol. The molecule has 2 rings (SSSR count). The molecule has 0 atom stereocenters. The van der Waals surface area contributed by atoms with Gasteiger partial charge in [-0.15, -0.1) is 0 Å². The summed E-state index contributed by atoms with van der Waals surface area (Å²) in [5.74, 6) is 0.168. The van der Waals surface area contributed by atoms with Crippen molar-refractivity contribution >= 4 is 35.0 Å². The van der Waals surface area contributed by atoms with Gasteiger partial charge >= 0.3 is 0 Å². The maximum atomic E-state index is 12.5. The number of carbonyl (C=O) groups is 2. The summed E-state index contributed by atoms with van der Waals surface area (Å²) in [6.07, 6.45) is 1.42. The van der Waals surface area contributed by atoms with E-state index in [-0.39, 0.29) is 17.7 Å². The first-order chi connectivity index (χ1) is 11.0. The van der Waals surface area contributed by atoms with Gasteiger partial charge in [0.1, 0.15) is 0 Å². The lowest BCUT2D eigenvalue weighted by Crippen LogP contribution is -2.44. The molecule has 0 aliphatic carbocycles. The molecule has 1 aliphatic heterocycles. The summed E-state index contributed by atoms with van der Waals surface area (Å²) < 4.78 is 0. The van der Waals surface area contributed by atoms with Gasteiger partial charge in [-0.1, -0.05) is 23.2 Å². The van der Waals surface area contributed by atoms with Crippen molar-refractivity contribution in [1.82, 2.24) is 9.80 Å². The predicted octanol–water partition coefficient (Wildman–Crippen LogP) is 3.71. The van der Waals surface area contributed by atoms with Crippen LogP contribution in [0.25, 0.3) is 0 Å². The van der Waals surface area contributed by atoms with Crippen LogP contribution >= 0.6 is 23.2 Å². The number of rotatable bonds is 4. The molecule has 1 aromatic rings. The van der Waals surface area contributed by atoms with Crippen LogP contribution in [0.3, 0.4) is 0 Å². The minimum Gasteiger partial charge on any atom is -0.343 e. The van der Waals surface area contributed by atoms with Gasteiger partial charge in [0.25, 0.3) is 5.91 Å². The molecule has 1 aliphatic rings. The number of carbonyl (C=O) groups excluding carboxylic acids is 2. The van der Waals surface area contributed by atoms with E-state index in [4.69, 9.17) is 23.2 Å². The molecule has 0 aromatic heterocycles. The van der Waals surface area contributed by atoms with Gasteiger partial charge in [-0.25, -0.2) is 0 Å². The van der Waals surface area contributed by atoms with Gasteiger partial charge < -0.3 is 9.80 Å². The van der Waals surface area contributed by atoms with Crippen molar-refractivity contribution in [3.63, 3.8) is 0 Å². The molecule has 0 N–H and O–H groups in total. The summed E-state index contributed by atoms with van der Waals surface area (Å²) >= 11 is 11.9. The number of hydrogen-bond acceptors (Lipinski definition) is 2. The second-order valence-electron chi connectivity index (χ2n) is 5.71. The number of nitrogens with zero attached hydrogens (tertiary/aromatic N) is 2. The van der Waals surface area contributed by atoms with Crippen LogP contribution in [0.5, 0.6) is 0 Å². The average Bonchev–Trinajstić information content (AvgIpc) is 2.58. The van der Waals surface area contributed by atoms with Gasteiger partial charge in [-0.2, -0.15) is 0 Å². The molecule has 1 fully saturated rings. The molecule has 1 aromatic carbocycles. The van der Waals surface area contributed by atoms with E-state index in [2.05, 4.69) is 0 Å². The zero-order valence-electron chi connectivity index (χ0n) is 13.5. The summed E-state index contributed by atoms with van der Waals surface area (Å²) in [5.41, 5.74) is 0.535. The Morgan fingerprint density at radius 3 is 2.26 bits per heavy atom. The third kappa shape index (κ3) is 4.18. The highest BCUT2D eigenvalue weighted by Gasteiger charge is 2.29. The number of halogens is 2. The van der Waals surface area contributed by atoms with E-state index in [0.29, 0.717) is 41.5 Å². The van der Waals surface area contributed by atoms with E-state index in [1.807, 2.05) is 18.7 Å². The summed E-state index contributed by atoms with van der Waals surface area (Å²) in [6, 6.07) is 4.91. The Kier molecular flexibility index (Phi) is 6.31. The maximum Gasteiger partial charge on any atom is 0.253 e. The number of benzene rings is 1. The van der Waals surface area contributed by atoms with Gasteiger partial charge in [-0.05, 0) is 44.9 Å². The quantitative estimate of drug-likeness (QED) is 0.824. The SMILES string of the molecule is CCN(CC)C(=O)C1CCN(C(=O)c2ccc(Cl)c(Cl)c2)CC1. The first kappa shape index (κ1) is 18.1. The first-order valence-corrected chi connectivity index (χ1v) is 8.76. The Labute approximate surface area is 147 Å². The second-order valence-corrected chi connectivity index (χ2v) is 6.52. The third-order valence-corrected chi connectivity index (χ3v) is 5.11. The Morgan fingerprint density at radius 1 is 1.13 bits per heavy atom. The number of likely N-dealkylation sites (tertiary alicyclic amines) is 1. The summed E-state index contributed by atoms with van der Waals surface area (Å²) in [5, 5.41) is 0.816. The monoisotopic (exact) mass is 356 g/mol. The maximum absolute atomic E-state index is 12.5. The standard InChI is InChI=1S/C17H22Cl2N2O2/c1-3-20(4-2)16(22)12-7-9-21(10-8-12)17(23)13-5-6-14(18)15(19)11-13/h5-6,11-12H,3-4,7-10H2,1-2H3. The Balaban J connectivity index is 1.97. The minimum absolute atomic E-state index is 0.0211. The molecule has 0 radical (unpaired) electrons. The van der Waals surface area contributed by atoms with Crippen LogP contribution < -0.4 is 0 Å². The van der Waals surface area contributed by atoms with Gasteiger partial charge in [0.2, 0.25) is 5.91 Å². The van der Waals surface area contributed by atoms with Gasteiger partial charge in [0.15, 0.2) is 0 Å². The smallest absolute Gasteiger partial charge is 0.253 e. The molecule has 0 bridgehead atoms. The molecule has 4 nitrogen and oxygen atoms in total. The summed E-state index contributed by atoms with van der Waals surface area (Å²) in [6.45, 7) is 6.64. The normalized spacial score (nSPS) is 15.6. The molecule has 23 heavy (non-hydrogen) atoms. The van der Waals surface area contributed by atoms with Crippen molar-refractivity contribution in [3.05, 3.63) is 33.8 Å². The van der Waals surface area contributed by atoms with Crippen LogP contribution in [0.15, 0.2) is 18.2 Å². The number of piperidine rings is 1. The van der Waals surface area contributed by atoms with E-state index in [1.165, 1.54) is 0 Å². The number of hydrogen-bond donors (Lipinski definition) is 0. The lowest BCUT2D eigenvalue weighted by Gasteiger charge is -2.33. The van der Waals surface area contributed by atoms with E-state index in [0.717, 1.165) is 13.1 Å². The molecule has 126 valence electrons. The topological polar surface area (TPSA) is 40.6 Å². The molecule has 2 amide bonds. The Morgan fingerprint density at radius 2 is 1.74 bits per heavy atom. The van der Waals surface area contributed by atoms with Crippen LogP contribution in [0.4, 0.5) is 0 Å². The zero-order chi connectivity index (χ0) is 17.0.